The predicted octanol–water partition coefficient (Wildman–Crippen LogP) is 1.87. The van der Waals surface area contributed by atoms with Gasteiger partial charge in [0.2, 0.25) is 5.91 Å². The van der Waals surface area contributed by atoms with Crippen LogP contribution in [-0.4, -0.2) is 24.5 Å². The first-order valence-corrected chi connectivity index (χ1v) is 6.84. The Hall–Kier alpha value is -1.42. The highest BCUT2D eigenvalue weighted by Crippen LogP contribution is 2.14. The van der Waals surface area contributed by atoms with Crippen LogP contribution < -0.4 is 10.6 Å². The van der Waals surface area contributed by atoms with Crippen molar-refractivity contribution >= 4 is 5.91 Å². The second-order valence-corrected chi connectivity index (χ2v) is 5.44. The summed E-state index contributed by atoms with van der Waals surface area (Å²) in [7, 11) is 0. The summed E-state index contributed by atoms with van der Waals surface area (Å²) in [5.74, 6) is 0.224. The van der Waals surface area contributed by atoms with E-state index >= 15 is 0 Å². The zero-order valence-electron chi connectivity index (χ0n) is 11.4. The Morgan fingerprint density at radius 1 is 1.47 bits per heavy atom. The van der Waals surface area contributed by atoms with Gasteiger partial charge in [0.1, 0.15) is 5.82 Å². The lowest BCUT2D eigenvalue weighted by atomic mass is 10.0. The largest absolute Gasteiger partial charge is 0.352 e. The van der Waals surface area contributed by atoms with Gasteiger partial charge < -0.3 is 10.6 Å². The summed E-state index contributed by atoms with van der Waals surface area (Å²) in [6.07, 6.45) is 1.76. The van der Waals surface area contributed by atoms with Gasteiger partial charge in [-0.25, -0.2) is 4.39 Å². The van der Waals surface area contributed by atoms with E-state index in [9.17, 15) is 9.18 Å². The molecule has 1 saturated heterocycles. The van der Waals surface area contributed by atoms with Crippen LogP contribution in [-0.2, 0) is 11.2 Å². The number of benzene rings is 1. The van der Waals surface area contributed by atoms with E-state index in [0.717, 1.165) is 18.5 Å². The summed E-state index contributed by atoms with van der Waals surface area (Å²) in [6, 6.07) is 6.39. The Bertz CT molecular complexity index is 432. The van der Waals surface area contributed by atoms with Crippen molar-refractivity contribution in [2.24, 2.45) is 5.92 Å². The molecule has 2 N–H and O–H groups in total. The maximum absolute atomic E-state index is 12.8. The van der Waals surface area contributed by atoms with Crippen molar-refractivity contribution in [3.8, 4) is 0 Å². The lowest BCUT2D eigenvalue weighted by Crippen LogP contribution is -2.47. The molecule has 0 aliphatic carbocycles. The molecule has 0 spiro atoms. The van der Waals surface area contributed by atoms with Crippen molar-refractivity contribution in [1.82, 2.24) is 10.6 Å². The summed E-state index contributed by atoms with van der Waals surface area (Å²) in [6.45, 7) is 4.97. The Balaban J connectivity index is 1.85. The summed E-state index contributed by atoms with van der Waals surface area (Å²) < 4.78 is 12.8. The van der Waals surface area contributed by atoms with Crippen molar-refractivity contribution in [1.29, 1.82) is 0 Å². The van der Waals surface area contributed by atoms with Crippen LogP contribution in [0.4, 0.5) is 4.39 Å². The van der Waals surface area contributed by atoms with Crippen LogP contribution >= 0.6 is 0 Å². The molecule has 3 nitrogen and oxygen atoms in total. The molecular weight excluding hydrogens is 243 g/mol. The predicted molar refractivity (Wildman–Crippen MR) is 73.3 cm³/mol. The van der Waals surface area contributed by atoms with E-state index < -0.39 is 0 Å². The molecule has 0 bridgehead atoms. The molecule has 3 atom stereocenters. The third-order valence-electron chi connectivity index (χ3n) is 3.66. The first-order valence-electron chi connectivity index (χ1n) is 6.84. The Kier molecular flexibility index (Phi) is 4.53. The Morgan fingerprint density at radius 3 is 2.74 bits per heavy atom. The minimum absolute atomic E-state index is 0.0487. The molecular formula is C15H21FN2O. The SMILES string of the molecule is CC(Cc1ccc(F)cc1)NC(=O)C1NCCC1C. The van der Waals surface area contributed by atoms with Gasteiger partial charge in [-0.2, -0.15) is 0 Å². The van der Waals surface area contributed by atoms with Crippen molar-refractivity contribution in [3.63, 3.8) is 0 Å². The highest BCUT2D eigenvalue weighted by Gasteiger charge is 2.29. The average Bonchev–Trinajstić information content (AvgIpc) is 2.78. The number of amides is 1. The summed E-state index contributed by atoms with van der Waals surface area (Å²) >= 11 is 0. The molecule has 0 radical (unpaired) electrons. The third-order valence-corrected chi connectivity index (χ3v) is 3.66. The van der Waals surface area contributed by atoms with Gasteiger partial charge in [-0.15, -0.1) is 0 Å². The standard InChI is InChI=1S/C15H21FN2O/c1-10-7-8-17-14(10)15(19)18-11(2)9-12-3-5-13(16)6-4-12/h3-6,10-11,14,17H,7-9H2,1-2H3,(H,18,19). The van der Waals surface area contributed by atoms with Crippen molar-refractivity contribution in [2.45, 2.75) is 38.8 Å². The molecule has 4 heteroatoms. The Morgan fingerprint density at radius 2 is 2.16 bits per heavy atom. The monoisotopic (exact) mass is 264 g/mol. The third kappa shape index (κ3) is 3.77. The van der Waals surface area contributed by atoms with E-state index in [4.69, 9.17) is 0 Å². The number of carbonyl (C=O) groups excluding carboxylic acids is 1. The Labute approximate surface area is 113 Å². The number of nitrogens with one attached hydrogen (secondary N) is 2. The molecule has 0 saturated carbocycles. The highest BCUT2D eigenvalue weighted by molar-refractivity contribution is 5.82. The summed E-state index contributed by atoms with van der Waals surface area (Å²) in [4.78, 5) is 12.1. The average molecular weight is 264 g/mol. The van der Waals surface area contributed by atoms with Gasteiger partial charge in [0.25, 0.3) is 0 Å². The van der Waals surface area contributed by atoms with Crippen molar-refractivity contribution in [3.05, 3.63) is 35.6 Å². The molecule has 0 aromatic heterocycles. The van der Waals surface area contributed by atoms with Gasteiger partial charge in [-0.05, 0) is 49.9 Å². The first kappa shape index (κ1) is 14.0. The van der Waals surface area contributed by atoms with Crippen LogP contribution in [0.3, 0.4) is 0 Å². The van der Waals surface area contributed by atoms with E-state index in [1.165, 1.54) is 12.1 Å². The van der Waals surface area contributed by atoms with E-state index in [2.05, 4.69) is 17.6 Å². The zero-order chi connectivity index (χ0) is 13.8. The first-order chi connectivity index (χ1) is 9.06. The smallest absolute Gasteiger partial charge is 0.237 e. The molecule has 1 aliphatic heterocycles. The van der Waals surface area contributed by atoms with Crippen LogP contribution in [0, 0.1) is 11.7 Å². The lowest BCUT2D eigenvalue weighted by molar-refractivity contribution is -0.124. The van der Waals surface area contributed by atoms with Gasteiger partial charge in [-0.1, -0.05) is 19.1 Å². The molecule has 1 heterocycles. The minimum Gasteiger partial charge on any atom is -0.352 e. The maximum atomic E-state index is 12.8. The van der Waals surface area contributed by atoms with Gasteiger partial charge in [0.15, 0.2) is 0 Å². The molecule has 1 aliphatic rings. The molecule has 19 heavy (non-hydrogen) atoms. The second-order valence-electron chi connectivity index (χ2n) is 5.44. The second kappa shape index (κ2) is 6.15. The number of carbonyl (C=O) groups is 1. The quantitative estimate of drug-likeness (QED) is 0.871. The lowest BCUT2D eigenvalue weighted by Gasteiger charge is -2.19. The number of hydrogen-bond acceptors (Lipinski definition) is 2. The molecule has 1 aromatic carbocycles. The van der Waals surface area contributed by atoms with Crippen LogP contribution in [0.1, 0.15) is 25.8 Å². The molecule has 104 valence electrons. The van der Waals surface area contributed by atoms with Gasteiger partial charge in [0.05, 0.1) is 6.04 Å². The molecule has 2 rings (SSSR count). The minimum atomic E-state index is -0.232. The van der Waals surface area contributed by atoms with Crippen LogP contribution in [0.2, 0.25) is 0 Å². The van der Waals surface area contributed by atoms with Crippen LogP contribution in [0.5, 0.6) is 0 Å². The maximum Gasteiger partial charge on any atom is 0.237 e. The van der Waals surface area contributed by atoms with E-state index in [-0.39, 0.29) is 23.8 Å². The summed E-state index contributed by atoms with van der Waals surface area (Å²) in [5, 5.41) is 6.24. The number of hydrogen-bond donors (Lipinski definition) is 2. The van der Waals surface area contributed by atoms with Gasteiger partial charge in [-0.3, -0.25) is 4.79 Å². The highest BCUT2D eigenvalue weighted by atomic mass is 19.1. The molecule has 1 fully saturated rings. The molecule has 3 unspecified atom stereocenters. The van der Waals surface area contributed by atoms with E-state index in [1.807, 2.05) is 6.92 Å². The number of rotatable bonds is 4. The van der Waals surface area contributed by atoms with E-state index in [0.29, 0.717) is 12.3 Å². The zero-order valence-corrected chi connectivity index (χ0v) is 11.4. The van der Waals surface area contributed by atoms with Crippen molar-refractivity contribution < 1.29 is 9.18 Å². The molecule has 1 amide bonds. The van der Waals surface area contributed by atoms with Gasteiger partial charge in [0, 0.05) is 6.04 Å². The van der Waals surface area contributed by atoms with Crippen LogP contribution in [0.25, 0.3) is 0 Å². The molecule has 1 aromatic rings. The topological polar surface area (TPSA) is 41.1 Å². The fourth-order valence-electron chi connectivity index (χ4n) is 2.54. The fraction of sp³-hybridized carbons (Fsp3) is 0.533. The van der Waals surface area contributed by atoms with Gasteiger partial charge >= 0.3 is 0 Å². The number of halogens is 1. The fourth-order valence-corrected chi connectivity index (χ4v) is 2.54. The van der Waals surface area contributed by atoms with Crippen LogP contribution in [0.15, 0.2) is 24.3 Å². The van der Waals surface area contributed by atoms with Crippen molar-refractivity contribution in [2.75, 3.05) is 6.54 Å². The normalized spacial score (nSPS) is 24.2. The summed E-state index contributed by atoms with van der Waals surface area (Å²) in [5.41, 5.74) is 1.03. The van der Waals surface area contributed by atoms with E-state index in [1.54, 1.807) is 12.1 Å².